The molecule has 0 radical (unpaired) electrons. The average Bonchev–Trinajstić information content (AvgIpc) is 2.81. The van der Waals surface area contributed by atoms with Crippen molar-refractivity contribution in [1.82, 2.24) is 15.5 Å². The summed E-state index contributed by atoms with van der Waals surface area (Å²) in [6, 6.07) is 2.73. The van der Waals surface area contributed by atoms with Gasteiger partial charge < -0.3 is 19.7 Å². The normalized spacial score (nSPS) is 19.5. The van der Waals surface area contributed by atoms with Gasteiger partial charge in [0, 0.05) is 17.6 Å². The summed E-state index contributed by atoms with van der Waals surface area (Å²) >= 11 is 5.73. The number of nitrogens with one attached hydrogen (secondary N) is 2. The van der Waals surface area contributed by atoms with E-state index in [4.69, 9.17) is 21.1 Å². The molecule has 134 valence electrons. The van der Waals surface area contributed by atoms with Crippen LogP contribution in [0.15, 0.2) is 18.2 Å². The lowest BCUT2D eigenvalue weighted by atomic mass is 10.3. The summed E-state index contributed by atoms with van der Waals surface area (Å²) in [6.07, 6.45) is -4.42. The second-order valence-corrected chi connectivity index (χ2v) is 5.88. The van der Waals surface area contributed by atoms with Crippen molar-refractivity contribution in [2.75, 3.05) is 27.2 Å². The molecule has 2 amide bonds. The summed E-state index contributed by atoms with van der Waals surface area (Å²) in [4.78, 5) is 13.7. The SMILES string of the molecule is CN(C)CCCNC(=O)NC1(C(F)(F)F)Oc2ccc(Cl)cc2O1. The first-order valence-corrected chi connectivity index (χ1v) is 7.46. The number of amides is 2. The first-order valence-electron chi connectivity index (χ1n) is 7.08. The van der Waals surface area contributed by atoms with Crippen molar-refractivity contribution in [3.63, 3.8) is 0 Å². The average molecular weight is 368 g/mol. The van der Waals surface area contributed by atoms with Crippen molar-refractivity contribution in [1.29, 1.82) is 0 Å². The highest BCUT2D eigenvalue weighted by Crippen LogP contribution is 2.45. The lowest BCUT2D eigenvalue weighted by molar-refractivity contribution is -0.317. The summed E-state index contributed by atoms with van der Waals surface area (Å²) in [6.45, 7) is 0.887. The Morgan fingerprint density at radius 3 is 2.58 bits per heavy atom. The predicted molar refractivity (Wildman–Crippen MR) is 81.2 cm³/mol. The molecule has 0 saturated carbocycles. The van der Waals surface area contributed by atoms with Crippen molar-refractivity contribution >= 4 is 17.6 Å². The Hall–Kier alpha value is -1.87. The minimum absolute atomic E-state index is 0.162. The second-order valence-electron chi connectivity index (χ2n) is 5.45. The zero-order chi connectivity index (χ0) is 18.0. The van der Waals surface area contributed by atoms with Crippen LogP contribution in [0.2, 0.25) is 5.02 Å². The van der Waals surface area contributed by atoms with Crippen molar-refractivity contribution < 1.29 is 27.4 Å². The van der Waals surface area contributed by atoms with Gasteiger partial charge in [-0.25, -0.2) is 4.79 Å². The maximum Gasteiger partial charge on any atom is 0.492 e. The van der Waals surface area contributed by atoms with Crippen molar-refractivity contribution in [3.8, 4) is 11.5 Å². The van der Waals surface area contributed by atoms with E-state index >= 15 is 0 Å². The monoisotopic (exact) mass is 367 g/mol. The Labute approximate surface area is 141 Å². The van der Waals surface area contributed by atoms with Gasteiger partial charge in [-0.3, -0.25) is 5.32 Å². The minimum Gasteiger partial charge on any atom is -0.424 e. The van der Waals surface area contributed by atoms with Gasteiger partial charge in [0.2, 0.25) is 0 Å². The van der Waals surface area contributed by atoms with Gasteiger partial charge in [0.15, 0.2) is 11.5 Å². The van der Waals surface area contributed by atoms with Gasteiger partial charge in [0.05, 0.1) is 0 Å². The lowest BCUT2D eigenvalue weighted by Gasteiger charge is -2.29. The van der Waals surface area contributed by atoms with Crippen LogP contribution in [0.25, 0.3) is 0 Å². The van der Waals surface area contributed by atoms with Crippen LogP contribution < -0.4 is 20.1 Å². The Balaban J connectivity index is 2.04. The topological polar surface area (TPSA) is 62.8 Å². The third kappa shape index (κ3) is 4.15. The van der Waals surface area contributed by atoms with Crippen LogP contribution in [-0.2, 0) is 0 Å². The fourth-order valence-corrected chi connectivity index (χ4v) is 2.17. The Morgan fingerprint density at radius 2 is 1.96 bits per heavy atom. The van der Waals surface area contributed by atoms with E-state index in [9.17, 15) is 18.0 Å². The number of urea groups is 1. The highest BCUT2D eigenvalue weighted by atomic mass is 35.5. The summed E-state index contributed by atoms with van der Waals surface area (Å²) < 4.78 is 49.9. The first kappa shape index (κ1) is 18.5. The van der Waals surface area contributed by atoms with Crippen LogP contribution in [0.1, 0.15) is 6.42 Å². The zero-order valence-corrected chi connectivity index (χ0v) is 13.8. The molecule has 2 rings (SSSR count). The van der Waals surface area contributed by atoms with E-state index in [-0.39, 0.29) is 23.1 Å². The maximum atomic E-state index is 13.4. The Kier molecular flexibility index (Phi) is 5.34. The number of hydrogen-bond donors (Lipinski definition) is 2. The molecule has 1 atom stereocenters. The van der Waals surface area contributed by atoms with Gasteiger partial charge in [-0.2, -0.15) is 13.2 Å². The smallest absolute Gasteiger partial charge is 0.424 e. The Morgan fingerprint density at radius 1 is 1.29 bits per heavy atom. The highest BCUT2D eigenvalue weighted by molar-refractivity contribution is 6.30. The molecular formula is C14H17ClF3N3O3. The minimum atomic E-state index is -5.00. The number of ether oxygens (including phenoxy) is 2. The molecule has 0 aliphatic carbocycles. The van der Waals surface area contributed by atoms with Crippen LogP contribution >= 0.6 is 11.6 Å². The van der Waals surface area contributed by atoms with Crippen LogP contribution in [0.5, 0.6) is 11.5 Å². The van der Waals surface area contributed by atoms with Crippen LogP contribution in [0.4, 0.5) is 18.0 Å². The van der Waals surface area contributed by atoms with Crippen molar-refractivity contribution in [2.24, 2.45) is 0 Å². The lowest BCUT2D eigenvalue weighted by Crippen LogP contribution is -2.66. The number of carbonyl (C=O) groups excluding carboxylic acids is 1. The number of carbonyl (C=O) groups is 1. The van der Waals surface area contributed by atoms with E-state index in [1.54, 1.807) is 5.32 Å². The second kappa shape index (κ2) is 6.94. The molecular weight excluding hydrogens is 351 g/mol. The summed E-state index contributed by atoms with van der Waals surface area (Å²) in [5.74, 6) is -3.65. The van der Waals surface area contributed by atoms with Crippen molar-refractivity contribution in [3.05, 3.63) is 23.2 Å². The van der Waals surface area contributed by atoms with Crippen LogP contribution in [0.3, 0.4) is 0 Å². The molecule has 1 unspecified atom stereocenters. The number of rotatable bonds is 5. The van der Waals surface area contributed by atoms with E-state index in [0.717, 1.165) is 0 Å². The summed E-state index contributed by atoms with van der Waals surface area (Å²) in [5.41, 5.74) is 0. The molecule has 0 aromatic heterocycles. The van der Waals surface area contributed by atoms with Gasteiger partial charge >= 0.3 is 18.1 Å². The van der Waals surface area contributed by atoms with Crippen LogP contribution in [0, 0.1) is 0 Å². The van der Waals surface area contributed by atoms with E-state index in [0.29, 0.717) is 13.0 Å². The molecule has 10 heteroatoms. The van der Waals surface area contributed by atoms with E-state index in [2.05, 4.69) is 5.32 Å². The number of fused-ring (bicyclic) bond motifs is 1. The predicted octanol–water partition coefficient (Wildman–Crippen LogP) is 2.58. The van der Waals surface area contributed by atoms with Gasteiger partial charge in [0.25, 0.3) is 0 Å². The first-order chi connectivity index (χ1) is 11.1. The van der Waals surface area contributed by atoms with E-state index in [1.165, 1.54) is 18.2 Å². The fraction of sp³-hybridized carbons (Fsp3) is 0.500. The third-order valence-electron chi connectivity index (χ3n) is 3.13. The highest BCUT2D eigenvalue weighted by Gasteiger charge is 2.65. The molecule has 6 nitrogen and oxygen atoms in total. The molecule has 0 spiro atoms. The van der Waals surface area contributed by atoms with Gasteiger partial charge in [-0.1, -0.05) is 11.6 Å². The molecule has 0 saturated heterocycles. The molecule has 24 heavy (non-hydrogen) atoms. The van der Waals surface area contributed by atoms with E-state index < -0.39 is 18.1 Å². The molecule has 1 aliphatic heterocycles. The molecule has 1 heterocycles. The number of alkyl halides is 3. The summed E-state index contributed by atoms with van der Waals surface area (Å²) in [7, 11) is 3.70. The van der Waals surface area contributed by atoms with Crippen molar-refractivity contribution in [2.45, 2.75) is 18.5 Å². The molecule has 0 fully saturated rings. The Bertz CT molecular complexity index is 613. The molecule has 0 bridgehead atoms. The molecule has 2 N–H and O–H groups in total. The van der Waals surface area contributed by atoms with Gasteiger partial charge in [-0.05, 0) is 39.2 Å². The van der Waals surface area contributed by atoms with Gasteiger partial charge in [-0.15, -0.1) is 0 Å². The number of benzene rings is 1. The molecule has 1 aliphatic rings. The molecule has 1 aromatic rings. The fourth-order valence-electron chi connectivity index (χ4n) is 2.00. The summed E-state index contributed by atoms with van der Waals surface area (Å²) in [5, 5.41) is 4.23. The van der Waals surface area contributed by atoms with Gasteiger partial charge in [0.1, 0.15) is 0 Å². The van der Waals surface area contributed by atoms with E-state index in [1.807, 2.05) is 19.0 Å². The molecule has 1 aromatic carbocycles. The largest absolute Gasteiger partial charge is 0.492 e. The third-order valence-corrected chi connectivity index (χ3v) is 3.37. The number of nitrogens with zero attached hydrogens (tertiary/aromatic N) is 1. The number of halogens is 4. The maximum absolute atomic E-state index is 13.4. The number of hydrogen-bond acceptors (Lipinski definition) is 4. The standard InChI is InChI=1S/C14H17ClF3N3O3/c1-21(2)7-3-6-19-12(22)20-14(13(16,17)18)23-10-5-4-9(15)8-11(10)24-14/h4-5,8H,3,6-7H2,1-2H3,(H2,19,20,22). The van der Waals surface area contributed by atoms with Crippen LogP contribution in [-0.4, -0.2) is 50.2 Å². The quantitative estimate of drug-likeness (QED) is 0.785. The zero-order valence-electron chi connectivity index (χ0n) is 13.0.